The third-order valence-corrected chi connectivity index (χ3v) is 3.21. The maximum Gasteiger partial charge on any atom is 0.270 e. The summed E-state index contributed by atoms with van der Waals surface area (Å²) in [6.45, 7) is 1.84. The van der Waals surface area contributed by atoms with E-state index in [1.54, 1.807) is 12.1 Å². The summed E-state index contributed by atoms with van der Waals surface area (Å²) in [6.07, 6.45) is 1.50. The minimum Gasteiger partial charge on any atom is -0.260 e. The Morgan fingerprint density at radius 3 is 2.61 bits per heavy atom. The van der Waals surface area contributed by atoms with Crippen molar-refractivity contribution in [2.45, 2.75) is 6.92 Å². The van der Waals surface area contributed by atoms with E-state index in [0.717, 1.165) is 16.7 Å². The van der Waals surface area contributed by atoms with Crippen molar-refractivity contribution < 1.29 is 4.92 Å². The fourth-order valence-corrected chi connectivity index (χ4v) is 2.08. The van der Waals surface area contributed by atoms with Gasteiger partial charge in [-0.2, -0.15) is 5.10 Å². The van der Waals surface area contributed by atoms with E-state index in [4.69, 9.17) is 0 Å². The Morgan fingerprint density at radius 2 is 1.87 bits per heavy atom. The van der Waals surface area contributed by atoms with Crippen LogP contribution in [0, 0.1) is 17.0 Å². The Hall–Kier alpha value is -3.35. The van der Waals surface area contributed by atoms with Gasteiger partial charge in [0.05, 0.1) is 27.9 Å². The molecule has 0 radical (unpaired) electrons. The Kier molecular flexibility index (Phi) is 3.92. The van der Waals surface area contributed by atoms with E-state index in [1.807, 2.05) is 31.2 Å². The summed E-state index contributed by atoms with van der Waals surface area (Å²) in [5.41, 5.74) is 5.78. The fourth-order valence-electron chi connectivity index (χ4n) is 2.08. The molecule has 114 valence electrons. The van der Waals surface area contributed by atoms with Crippen molar-refractivity contribution in [2.75, 3.05) is 5.43 Å². The molecule has 3 aromatic rings. The third-order valence-electron chi connectivity index (χ3n) is 3.21. The highest BCUT2D eigenvalue weighted by Gasteiger charge is 2.05. The number of benzene rings is 2. The minimum absolute atomic E-state index is 0.0237. The number of hydrogen-bond acceptors (Lipinski definition) is 6. The molecule has 0 saturated heterocycles. The number of rotatable bonds is 4. The molecule has 23 heavy (non-hydrogen) atoms. The van der Waals surface area contributed by atoms with Crippen LogP contribution in [0.15, 0.2) is 53.6 Å². The lowest BCUT2D eigenvalue weighted by Gasteiger charge is -2.05. The lowest BCUT2D eigenvalue weighted by Crippen LogP contribution is -1.99. The predicted octanol–water partition coefficient (Wildman–Crippen LogP) is 3.29. The lowest BCUT2D eigenvalue weighted by molar-refractivity contribution is -0.384. The zero-order valence-electron chi connectivity index (χ0n) is 12.3. The number of nitrogens with one attached hydrogen (secondary N) is 1. The predicted molar refractivity (Wildman–Crippen MR) is 88.6 cm³/mol. The number of nitrogens with zero attached hydrogens (tertiary/aromatic N) is 4. The van der Waals surface area contributed by atoms with E-state index in [1.165, 1.54) is 18.3 Å². The Bertz CT molecular complexity index is 908. The zero-order valence-corrected chi connectivity index (χ0v) is 12.3. The largest absolute Gasteiger partial charge is 0.270 e. The van der Waals surface area contributed by atoms with E-state index in [-0.39, 0.29) is 5.69 Å². The molecule has 0 fully saturated rings. The highest BCUT2D eigenvalue weighted by atomic mass is 16.6. The van der Waals surface area contributed by atoms with Crippen molar-refractivity contribution in [1.82, 2.24) is 9.97 Å². The molecule has 0 aliphatic heterocycles. The van der Waals surface area contributed by atoms with Crippen LogP contribution in [0.5, 0.6) is 0 Å². The maximum absolute atomic E-state index is 10.7. The second kappa shape index (κ2) is 6.18. The van der Waals surface area contributed by atoms with E-state index >= 15 is 0 Å². The number of hydrazone groups is 1. The molecular formula is C16H13N5O2. The van der Waals surface area contributed by atoms with Crippen molar-refractivity contribution >= 4 is 28.8 Å². The molecule has 0 amide bonds. The Labute approximate surface area is 131 Å². The first-order chi connectivity index (χ1) is 11.1. The second-order valence-corrected chi connectivity index (χ2v) is 4.87. The minimum atomic E-state index is -0.441. The average molecular weight is 307 g/mol. The fraction of sp³-hybridized carbons (Fsp3) is 0.0625. The molecule has 1 N–H and O–H groups in total. The topological polar surface area (TPSA) is 93.3 Å². The summed E-state index contributed by atoms with van der Waals surface area (Å²) in [4.78, 5) is 19.2. The molecule has 0 atom stereocenters. The highest BCUT2D eigenvalue weighted by molar-refractivity contribution is 5.81. The number of fused-ring (bicyclic) bond motifs is 1. The van der Waals surface area contributed by atoms with Crippen molar-refractivity contribution in [3.63, 3.8) is 0 Å². The Morgan fingerprint density at radius 1 is 1.13 bits per heavy atom. The SMILES string of the molecule is Cc1nc2ccccc2nc1N/N=C/c1cccc([N+](=O)[O-])c1. The number of nitro benzene ring substituents is 1. The quantitative estimate of drug-likeness (QED) is 0.453. The summed E-state index contributed by atoms with van der Waals surface area (Å²) in [5.74, 6) is 0.547. The molecule has 3 rings (SSSR count). The number of hydrogen-bond donors (Lipinski definition) is 1. The van der Waals surface area contributed by atoms with Crippen LogP contribution in [0.3, 0.4) is 0 Å². The smallest absolute Gasteiger partial charge is 0.260 e. The summed E-state index contributed by atoms with van der Waals surface area (Å²) in [5, 5.41) is 14.8. The van der Waals surface area contributed by atoms with Gasteiger partial charge < -0.3 is 0 Å². The number of para-hydroxylation sites is 2. The van der Waals surface area contributed by atoms with Crippen molar-refractivity contribution in [1.29, 1.82) is 0 Å². The molecule has 0 saturated carbocycles. The normalized spacial score (nSPS) is 11.0. The highest BCUT2D eigenvalue weighted by Crippen LogP contribution is 2.16. The first-order valence-electron chi connectivity index (χ1n) is 6.90. The molecular weight excluding hydrogens is 294 g/mol. The van der Waals surface area contributed by atoms with Crippen molar-refractivity contribution in [3.8, 4) is 0 Å². The summed E-state index contributed by atoms with van der Waals surface area (Å²) in [7, 11) is 0. The second-order valence-electron chi connectivity index (χ2n) is 4.87. The standard InChI is InChI=1S/C16H13N5O2/c1-11-16(19-15-8-3-2-7-14(15)18-11)20-17-10-12-5-4-6-13(9-12)21(22)23/h2-10H,1H3,(H,19,20)/b17-10+. The van der Waals surface area contributed by atoms with Crippen molar-refractivity contribution in [2.24, 2.45) is 5.10 Å². The van der Waals surface area contributed by atoms with Gasteiger partial charge in [0.15, 0.2) is 5.82 Å². The van der Waals surface area contributed by atoms with Gasteiger partial charge in [-0.25, -0.2) is 9.97 Å². The van der Waals surface area contributed by atoms with Crippen LogP contribution >= 0.6 is 0 Å². The zero-order chi connectivity index (χ0) is 16.2. The van der Waals surface area contributed by atoms with Crippen molar-refractivity contribution in [3.05, 3.63) is 69.9 Å². The summed E-state index contributed by atoms with van der Waals surface area (Å²) in [6, 6.07) is 13.8. The maximum atomic E-state index is 10.7. The van der Waals surface area contributed by atoms with Gasteiger partial charge >= 0.3 is 0 Å². The van der Waals surface area contributed by atoms with E-state index in [9.17, 15) is 10.1 Å². The van der Waals surface area contributed by atoms with Gasteiger partial charge in [0, 0.05) is 17.7 Å². The van der Waals surface area contributed by atoms with Crippen LogP contribution in [0.4, 0.5) is 11.5 Å². The van der Waals surface area contributed by atoms with Gasteiger partial charge in [-0.15, -0.1) is 0 Å². The van der Waals surface area contributed by atoms with Gasteiger partial charge in [-0.05, 0) is 19.1 Å². The van der Waals surface area contributed by atoms with E-state index < -0.39 is 4.92 Å². The molecule has 0 aliphatic rings. The first-order valence-corrected chi connectivity index (χ1v) is 6.90. The van der Waals surface area contributed by atoms with E-state index in [2.05, 4.69) is 20.5 Å². The van der Waals surface area contributed by atoms with Gasteiger partial charge in [0.2, 0.25) is 0 Å². The molecule has 7 heteroatoms. The van der Waals surface area contributed by atoms with Crippen LogP contribution in [0.25, 0.3) is 11.0 Å². The van der Waals surface area contributed by atoms with Gasteiger partial charge in [-0.3, -0.25) is 15.5 Å². The molecule has 0 bridgehead atoms. The molecule has 1 aromatic heterocycles. The van der Waals surface area contributed by atoms with Gasteiger partial charge in [0.1, 0.15) is 0 Å². The van der Waals surface area contributed by atoms with Crippen LogP contribution < -0.4 is 5.43 Å². The van der Waals surface area contributed by atoms with Crippen LogP contribution in [-0.4, -0.2) is 21.1 Å². The molecule has 2 aromatic carbocycles. The van der Waals surface area contributed by atoms with Crippen LogP contribution in [0.1, 0.15) is 11.3 Å². The molecule has 0 aliphatic carbocycles. The monoisotopic (exact) mass is 307 g/mol. The van der Waals surface area contributed by atoms with Crippen LogP contribution in [-0.2, 0) is 0 Å². The number of nitro groups is 1. The molecule has 0 spiro atoms. The first kappa shape index (κ1) is 14.6. The number of anilines is 1. The third kappa shape index (κ3) is 3.29. The van der Waals surface area contributed by atoms with Crippen LogP contribution in [0.2, 0.25) is 0 Å². The number of aryl methyl sites for hydroxylation is 1. The summed E-state index contributed by atoms with van der Waals surface area (Å²) < 4.78 is 0. The molecule has 1 heterocycles. The van der Waals surface area contributed by atoms with Gasteiger partial charge in [-0.1, -0.05) is 24.3 Å². The number of non-ortho nitro benzene ring substituents is 1. The average Bonchev–Trinajstić information content (AvgIpc) is 2.55. The number of aromatic nitrogens is 2. The lowest BCUT2D eigenvalue weighted by atomic mass is 10.2. The van der Waals surface area contributed by atoms with Gasteiger partial charge in [0.25, 0.3) is 5.69 Å². The Balaban J connectivity index is 1.81. The van der Waals surface area contributed by atoms with E-state index in [0.29, 0.717) is 11.4 Å². The summed E-state index contributed by atoms with van der Waals surface area (Å²) >= 11 is 0. The molecule has 7 nitrogen and oxygen atoms in total. The molecule has 0 unspecified atom stereocenters.